The number of H-pyrrole nitrogens is 1. The zero-order valence-electron chi connectivity index (χ0n) is 13.3. The Morgan fingerprint density at radius 1 is 1.43 bits per heavy atom. The average molecular weight is 315 g/mol. The summed E-state index contributed by atoms with van der Waals surface area (Å²) >= 11 is 0. The molecule has 2 heterocycles. The van der Waals surface area contributed by atoms with E-state index in [1.807, 2.05) is 13.0 Å². The fourth-order valence-electron chi connectivity index (χ4n) is 3.01. The Bertz CT molecular complexity index is 698. The number of ether oxygens (including phenoxy) is 1. The molecule has 23 heavy (non-hydrogen) atoms. The first-order valence-corrected chi connectivity index (χ1v) is 7.69. The maximum absolute atomic E-state index is 12.6. The standard InChI is InChI=1S/C17H21N3O3/c1-11-6-14(19-18-11)7-13-9-20(10-16(13)21)17(22)12-4-3-5-15(8-12)23-2/h3-6,8,13,16,21H,7,9-10H2,1-2H3,(H,18,19)/t13-,16-/m1/s1. The van der Waals surface area contributed by atoms with Gasteiger partial charge in [0.05, 0.1) is 18.9 Å². The van der Waals surface area contributed by atoms with Gasteiger partial charge in [0.15, 0.2) is 0 Å². The highest BCUT2D eigenvalue weighted by atomic mass is 16.5. The predicted octanol–water partition coefficient (Wildman–Crippen LogP) is 1.40. The van der Waals surface area contributed by atoms with Crippen LogP contribution in [0.15, 0.2) is 30.3 Å². The summed E-state index contributed by atoms with van der Waals surface area (Å²) in [5.74, 6) is 0.579. The van der Waals surface area contributed by atoms with Crippen molar-refractivity contribution >= 4 is 5.91 Å². The molecule has 6 nitrogen and oxygen atoms in total. The lowest BCUT2D eigenvalue weighted by Crippen LogP contribution is -2.29. The zero-order chi connectivity index (χ0) is 16.4. The Morgan fingerprint density at radius 2 is 2.26 bits per heavy atom. The number of aliphatic hydroxyl groups is 1. The number of likely N-dealkylation sites (tertiary alicyclic amines) is 1. The summed E-state index contributed by atoms with van der Waals surface area (Å²) in [6.07, 6.45) is 0.134. The predicted molar refractivity (Wildman–Crippen MR) is 85.4 cm³/mol. The minimum absolute atomic E-state index is 0.00672. The highest BCUT2D eigenvalue weighted by Crippen LogP contribution is 2.24. The van der Waals surface area contributed by atoms with Gasteiger partial charge in [-0.3, -0.25) is 9.89 Å². The van der Waals surface area contributed by atoms with E-state index in [-0.39, 0.29) is 11.8 Å². The van der Waals surface area contributed by atoms with Crippen LogP contribution in [0.4, 0.5) is 0 Å². The molecular formula is C17H21N3O3. The van der Waals surface area contributed by atoms with Crippen molar-refractivity contribution in [1.82, 2.24) is 15.1 Å². The highest BCUT2D eigenvalue weighted by molar-refractivity contribution is 5.94. The fraction of sp³-hybridized carbons (Fsp3) is 0.412. The molecule has 0 radical (unpaired) electrons. The van der Waals surface area contributed by atoms with E-state index >= 15 is 0 Å². The van der Waals surface area contributed by atoms with Crippen molar-refractivity contribution in [1.29, 1.82) is 0 Å². The van der Waals surface area contributed by atoms with Crippen LogP contribution in [0.5, 0.6) is 5.75 Å². The molecule has 122 valence electrons. The van der Waals surface area contributed by atoms with Gasteiger partial charge in [-0.1, -0.05) is 6.07 Å². The van der Waals surface area contributed by atoms with Crippen LogP contribution in [-0.2, 0) is 6.42 Å². The van der Waals surface area contributed by atoms with Gasteiger partial charge in [0, 0.05) is 30.3 Å². The summed E-state index contributed by atoms with van der Waals surface area (Å²) in [4.78, 5) is 14.3. The molecule has 1 aromatic heterocycles. The van der Waals surface area contributed by atoms with Crippen LogP contribution in [0.2, 0.25) is 0 Å². The Morgan fingerprint density at radius 3 is 2.96 bits per heavy atom. The highest BCUT2D eigenvalue weighted by Gasteiger charge is 2.34. The van der Waals surface area contributed by atoms with E-state index in [9.17, 15) is 9.90 Å². The Hall–Kier alpha value is -2.34. The van der Waals surface area contributed by atoms with Gasteiger partial charge in [0.25, 0.3) is 5.91 Å². The van der Waals surface area contributed by atoms with Gasteiger partial charge in [0.1, 0.15) is 5.75 Å². The molecule has 2 atom stereocenters. The van der Waals surface area contributed by atoms with Gasteiger partial charge in [-0.2, -0.15) is 5.10 Å². The van der Waals surface area contributed by atoms with Crippen LogP contribution in [0.1, 0.15) is 21.7 Å². The SMILES string of the molecule is COc1cccc(C(=O)N2C[C@@H](Cc3cc(C)[nH]n3)[C@H](O)C2)c1. The smallest absolute Gasteiger partial charge is 0.254 e. The minimum atomic E-state index is -0.526. The van der Waals surface area contributed by atoms with E-state index in [1.165, 1.54) is 0 Å². The van der Waals surface area contributed by atoms with Gasteiger partial charge in [-0.05, 0) is 37.6 Å². The largest absolute Gasteiger partial charge is 0.497 e. The van der Waals surface area contributed by atoms with Crippen molar-refractivity contribution in [3.63, 3.8) is 0 Å². The van der Waals surface area contributed by atoms with E-state index in [1.54, 1.807) is 36.3 Å². The van der Waals surface area contributed by atoms with Crippen molar-refractivity contribution in [3.05, 3.63) is 47.3 Å². The zero-order valence-corrected chi connectivity index (χ0v) is 13.3. The number of β-amino-alcohol motifs (C(OH)–C–C–N with tert-alkyl or cyclic N) is 1. The number of carbonyl (C=O) groups is 1. The Balaban J connectivity index is 1.68. The van der Waals surface area contributed by atoms with E-state index in [0.717, 1.165) is 11.4 Å². The summed E-state index contributed by atoms with van der Waals surface area (Å²) in [7, 11) is 1.57. The lowest BCUT2D eigenvalue weighted by atomic mass is 10.0. The molecular weight excluding hydrogens is 294 g/mol. The van der Waals surface area contributed by atoms with E-state index < -0.39 is 6.10 Å². The summed E-state index contributed by atoms with van der Waals surface area (Å²) in [5, 5.41) is 17.4. The lowest BCUT2D eigenvalue weighted by molar-refractivity contribution is 0.0764. The number of carbonyl (C=O) groups excluding carboxylic acids is 1. The number of hydrogen-bond acceptors (Lipinski definition) is 4. The maximum Gasteiger partial charge on any atom is 0.254 e. The van der Waals surface area contributed by atoms with E-state index in [4.69, 9.17) is 4.74 Å². The first kappa shape index (κ1) is 15.6. The van der Waals surface area contributed by atoms with Crippen LogP contribution < -0.4 is 4.74 Å². The molecule has 0 spiro atoms. The molecule has 1 fully saturated rings. The minimum Gasteiger partial charge on any atom is -0.497 e. The third-order valence-corrected chi connectivity index (χ3v) is 4.24. The van der Waals surface area contributed by atoms with Crippen LogP contribution in [-0.4, -0.2) is 52.4 Å². The van der Waals surface area contributed by atoms with Crippen molar-refractivity contribution < 1.29 is 14.6 Å². The summed E-state index contributed by atoms with van der Waals surface area (Å²) in [6, 6.07) is 9.06. The molecule has 0 aliphatic carbocycles. The molecule has 6 heteroatoms. The molecule has 3 rings (SSSR count). The number of nitrogens with one attached hydrogen (secondary N) is 1. The molecule has 2 N–H and O–H groups in total. The number of amides is 1. The van der Waals surface area contributed by atoms with Crippen LogP contribution in [0, 0.1) is 12.8 Å². The monoisotopic (exact) mass is 315 g/mol. The quantitative estimate of drug-likeness (QED) is 0.894. The Kier molecular flexibility index (Phi) is 4.34. The Labute approximate surface area is 135 Å². The number of aromatic amines is 1. The van der Waals surface area contributed by atoms with Gasteiger partial charge >= 0.3 is 0 Å². The van der Waals surface area contributed by atoms with Crippen molar-refractivity contribution in [2.24, 2.45) is 5.92 Å². The van der Waals surface area contributed by atoms with Gasteiger partial charge in [0.2, 0.25) is 0 Å². The first-order valence-electron chi connectivity index (χ1n) is 7.69. The summed E-state index contributed by atoms with van der Waals surface area (Å²) in [6.45, 7) is 2.83. The van der Waals surface area contributed by atoms with E-state index in [0.29, 0.717) is 30.8 Å². The second kappa shape index (κ2) is 6.42. The topological polar surface area (TPSA) is 78.5 Å². The third kappa shape index (κ3) is 3.37. The number of aryl methyl sites for hydroxylation is 1. The second-order valence-electron chi connectivity index (χ2n) is 6.02. The molecule has 1 amide bonds. The molecule has 0 saturated carbocycles. The van der Waals surface area contributed by atoms with Gasteiger partial charge < -0.3 is 14.7 Å². The lowest BCUT2D eigenvalue weighted by Gasteiger charge is -2.16. The number of rotatable bonds is 4. The number of nitrogens with zero attached hydrogens (tertiary/aromatic N) is 2. The van der Waals surface area contributed by atoms with Crippen molar-refractivity contribution in [3.8, 4) is 5.75 Å². The van der Waals surface area contributed by atoms with Gasteiger partial charge in [-0.15, -0.1) is 0 Å². The third-order valence-electron chi connectivity index (χ3n) is 4.24. The fourth-order valence-corrected chi connectivity index (χ4v) is 3.01. The van der Waals surface area contributed by atoms with Crippen LogP contribution >= 0.6 is 0 Å². The summed E-state index contributed by atoms with van der Waals surface area (Å²) < 4.78 is 5.16. The molecule has 1 aromatic carbocycles. The number of benzene rings is 1. The maximum atomic E-state index is 12.6. The number of hydrogen-bond donors (Lipinski definition) is 2. The van der Waals surface area contributed by atoms with E-state index in [2.05, 4.69) is 10.2 Å². The molecule has 1 aliphatic rings. The molecule has 1 saturated heterocycles. The van der Waals surface area contributed by atoms with Crippen LogP contribution in [0.3, 0.4) is 0 Å². The molecule has 1 aliphatic heterocycles. The number of methoxy groups -OCH3 is 1. The first-order chi connectivity index (χ1) is 11.1. The normalized spacial score (nSPS) is 20.7. The average Bonchev–Trinajstić information content (AvgIpc) is 3.13. The van der Waals surface area contributed by atoms with Crippen molar-refractivity contribution in [2.75, 3.05) is 20.2 Å². The molecule has 0 bridgehead atoms. The molecule has 0 unspecified atom stereocenters. The molecule has 2 aromatic rings. The van der Waals surface area contributed by atoms with Crippen LogP contribution in [0.25, 0.3) is 0 Å². The number of aliphatic hydroxyl groups excluding tert-OH is 1. The summed E-state index contributed by atoms with van der Waals surface area (Å²) in [5.41, 5.74) is 2.49. The van der Waals surface area contributed by atoms with Crippen molar-refractivity contribution in [2.45, 2.75) is 19.4 Å². The van der Waals surface area contributed by atoms with Gasteiger partial charge in [-0.25, -0.2) is 0 Å². The second-order valence-corrected chi connectivity index (χ2v) is 6.02. The number of aromatic nitrogens is 2.